The summed E-state index contributed by atoms with van der Waals surface area (Å²) < 4.78 is 0. The molecular weight excluding hydrogens is 322 g/mol. The van der Waals surface area contributed by atoms with E-state index in [1.807, 2.05) is 36.4 Å². The Bertz CT molecular complexity index is 820. The van der Waals surface area contributed by atoms with Crippen LogP contribution in [-0.2, 0) is 17.8 Å². The van der Waals surface area contributed by atoms with Gasteiger partial charge in [0.1, 0.15) is 0 Å². The molecule has 3 aromatic rings. The Labute approximate surface area is 145 Å². The van der Waals surface area contributed by atoms with Crippen molar-refractivity contribution in [3.63, 3.8) is 0 Å². The molecule has 120 valence electrons. The van der Waals surface area contributed by atoms with Gasteiger partial charge in [-0.2, -0.15) is 0 Å². The molecule has 0 aliphatic rings. The van der Waals surface area contributed by atoms with Crippen molar-refractivity contribution in [3.05, 3.63) is 83.3 Å². The van der Waals surface area contributed by atoms with E-state index in [0.29, 0.717) is 18.0 Å². The first-order valence-corrected chi connectivity index (χ1v) is 7.95. The van der Waals surface area contributed by atoms with Gasteiger partial charge in [-0.15, -0.1) is 0 Å². The number of pyridine rings is 2. The van der Waals surface area contributed by atoms with Crippen LogP contribution in [0, 0.1) is 0 Å². The van der Waals surface area contributed by atoms with E-state index in [0.717, 1.165) is 22.4 Å². The quantitative estimate of drug-likeness (QED) is 0.773. The summed E-state index contributed by atoms with van der Waals surface area (Å²) in [7, 11) is 0. The predicted octanol–water partition coefficient (Wildman–Crippen LogP) is 3.66. The minimum absolute atomic E-state index is 0.0282. The van der Waals surface area contributed by atoms with E-state index in [2.05, 4.69) is 15.3 Å². The summed E-state index contributed by atoms with van der Waals surface area (Å²) in [4.78, 5) is 20.4. The van der Waals surface area contributed by atoms with Crippen molar-refractivity contribution >= 4 is 17.5 Å². The fourth-order valence-electron chi connectivity index (χ4n) is 2.32. The molecule has 0 atom stereocenters. The first-order chi connectivity index (χ1) is 11.7. The summed E-state index contributed by atoms with van der Waals surface area (Å²) in [6.07, 6.45) is 5.55. The Hall–Kier alpha value is -2.72. The van der Waals surface area contributed by atoms with Crippen LogP contribution in [0.2, 0.25) is 5.02 Å². The number of nitrogens with zero attached hydrogens (tertiary/aromatic N) is 2. The second-order valence-electron chi connectivity index (χ2n) is 5.37. The zero-order valence-electron chi connectivity index (χ0n) is 12.9. The molecule has 0 radical (unpaired) electrons. The summed E-state index contributed by atoms with van der Waals surface area (Å²) >= 11 is 5.84. The first kappa shape index (κ1) is 16.1. The van der Waals surface area contributed by atoms with Crippen molar-refractivity contribution in [1.29, 1.82) is 0 Å². The third-order valence-electron chi connectivity index (χ3n) is 3.57. The normalized spacial score (nSPS) is 10.4. The molecule has 3 rings (SSSR count). The van der Waals surface area contributed by atoms with Crippen LogP contribution in [0.4, 0.5) is 0 Å². The molecule has 0 fully saturated rings. The maximum absolute atomic E-state index is 12.1. The second-order valence-corrected chi connectivity index (χ2v) is 5.80. The number of nitrogens with one attached hydrogen (secondary N) is 1. The maximum atomic E-state index is 12.1. The van der Waals surface area contributed by atoms with Crippen molar-refractivity contribution in [3.8, 4) is 11.3 Å². The maximum Gasteiger partial charge on any atom is 0.224 e. The van der Waals surface area contributed by atoms with Crippen LogP contribution in [-0.4, -0.2) is 15.9 Å². The number of hydrogen-bond donors (Lipinski definition) is 1. The third kappa shape index (κ3) is 4.40. The number of amides is 1. The first-order valence-electron chi connectivity index (χ1n) is 7.57. The summed E-state index contributed by atoms with van der Waals surface area (Å²) in [5, 5.41) is 3.59. The number of benzene rings is 1. The molecule has 1 amide bonds. The molecule has 0 aliphatic carbocycles. The monoisotopic (exact) mass is 337 g/mol. The molecule has 0 saturated heterocycles. The highest BCUT2D eigenvalue weighted by Crippen LogP contribution is 2.16. The lowest BCUT2D eigenvalue weighted by atomic mass is 10.1. The molecule has 1 aromatic carbocycles. The molecule has 0 unspecified atom stereocenters. The van der Waals surface area contributed by atoms with E-state index < -0.39 is 0 Å². The van der Waals surface area contributed by atoms with Crippen LogP contribution < -0.4 is 5.32 Å². The number of halogens is 1. The molecule has 2 heterocycles. The Kier molecular flexibility index (Phi) is 5.18. The zero-order valence-corrected chi connectivity index (χ0v) is 13.7. The molecule has 5 heteroatoms. The largest absolute Gasteiger partial charge is 0.352 e. The van der Waals surface area contributed by atoms with Gasteiger partial charge in [0.05, 0.1) is 12.1 Å². The Morgan fingerprint density at radius 3 is 2.46 bits per heavy atom. The number of aromatic nitrogens is 2. The molecular formula is C19H16ClN3O. The number of carbonyl (C=O) groups is 1. The molecule has 0 saturated carbocycles. The van der Waals surface area contributed by atoms with E-state index in [1.54, 1.807) is 30.7 Å². The zero-order chi connectivity index (χ0) is 16.8. The van der Waals surface area contributed by atoms with Gasteiger partial charge in [0.25, 0.3) is 0 Å². The van der Waals surface area contributed by atoms with Crippen molar-refractivity contribution in [2.45, 2.75) is 13.0 Å². The van der Waals surface area contributed by atoms with Crippen molar-refractivity contribution < 1.29 is 4.79 Å². The highest BCUT2D eigenvalue weighted by atomic mass is 35.5. The van der Waals surface area contributed by atoms with Crippen LogP contribution in [0.3, 0.4) is 0 Å². The van der Waals surface area contributed by atoms with Crippen LogP contribution in [0.15, 0.2) is 67.1 Å². The number of carbonyl (C=O) groups excluding carboxylic acids is 1. The lowest BCUT2D eigenvalue weighted by Gasteiger charge is -2.07. The van der Waals surface area contributed by atoms with Crippen LogP contribution >= 0.6 is 11.6 Å². The van der Waals surface area contributed by atoms with Gasteiger partial charge in [-0.3, -0.25) is 14.8 Å². The molecule has 0 spiro atoms. The minimum Gasteiger partial charge on any atom is -0.352 e. The summed E-state index contributed by atoms with van der Waals surface area (Å²) in [6.45, 7) is 0.465. The highest BCUT2D eigenvalue weighted by Gasteiger charge is 2.05. The van der Waals surface area contributed by atoms with Crippen LogP contribution in [0.1, 0.15) is 11.1 Å². The lowest BCUT2D eigenvalue weighted by Crippen LogP contribution is -2.24. The molecule has 0 bridgehead atoms. The van der Waals surface area contributed by atoms with Crippen molar-refractivity contribution in [2.75, 3.05) is 0 Å². The van der Waals surface area contributed by atoms with Gasteiger partial charge in [-0.05, 0) is 47.5 Å². The number of rotatable bonds is 5. The van der Waals surface area contributed by atoms with E-state index in [4.69, 9.17) is 11.6 Å². The van der Waals surface area contributed by atoms with E-state index in [1.165, 1.54) is 0 Å². The average Bonchev–Trinajstić information content (AvgIpc) is 2.63. The van der Waals surface area contributed by atoms with Gasteiger partial charge in [-0.1, -0.05) is 23.7 Å². The fraction of sp³-hybridized carbons (Fsp3) is 0.105. The summed E-state index contributed by atoms with van der Waals surface area (Å²) in [6, 6.07) is 15.0. The van der Waals surface area contributed by atoms with Crippen LogP contribution in [0.5, 0.6) is 0 Å². The lowest BCUT2D eigenvalue weighted by molar-refractivity contribution is -0.120. The fourth-order valence-corrected chi connectivity index (χ4v) is 2.44. The van der Waals surface area contributed by atoms with Gasteiger partial charge in [-0.25, -0.2) is 0 Å². The molecule has 1 N–H and O–H groups in total. The van der Waals surface area contributed by atoms with Gasteiger partial charge in [0, 0.05) is 35.7 Å². The highest BCUT2D eigenvalue weighted by molar-refractivity contribution is 6.30. The van der Waals surface area contributed by atoms with E-state index in [-0.39, 0.29) is 5.91 Å². The molecule has 0 aliphatic heterocycles. The average molecular weight is 338 g/mol. The second kappa shape index (κ2) is 7.70. The van der Waals surface area contributed by atoms with Gasteiger partial charge >= 0.3 is 0 Å². The summed E-state index contributed by atoms with van der Waals surface area (Å²) in [5.41, 5.74) is 3.80. The summed E-state index contributed by atoms with van der Waals surface area (Å²) in [5.74, 6) is -0.0282. The smallest absolute Gasteiger partial charge is 0.224 e. The Morgan fingerprint density at radius 1 is 0.958 bits per heavy atom. The minimum atomic E-state index is -0.0282. The Balaban J connectivity index is 1.60. The SMILES string of the molecule is O=C(Cc1ccc(Cl)cc1)NCc1ccnc(-c2ccncc2)c1. The van der Waals surface area contributed by atoms with Crippen molar-refractivity contribution in [2.24, 2.45) is 0 Å². The van der Waals surface area contributed by atoms with Crippen molar-refractivity contribution in [1.82, 2.24) is 15.3 Å². The number of hydrogen-bond acceptors (Lipinski definition) is 3. The van der Waals surface area contributed by atoms with Gasteiger partial charge in [0.15, 0.2) is 0 Å². The van der Waals surface area contributed by atoms with Gasteiger partial charge < -0.3 is 5.32 Å². The standard InChI is InChI=1S/C19H16ClN3O/c20-17-3-1-14(2-4-17)12-19(24)23-13-15-5-10-22-18(11-15)16-6-8-21-9-7-16/h1-11H,12-13H2,(H,23,24). The van der Waals surface area contributed by atoms with E-state index in [9.17, 15) is 4.79 Å². The third-order valence-corrected chi connectivity index (χ3v) is 3.82. The van der Waals surface area contributed by atoms with Crippen LogP contribution in [0.25, 0.3) is 11.3 Å². The predicted molar refractivity (Wildman–Crippen MR) is 94.5 cm³/mol. The molecule has 4 nitrogen and oxygen atoms in total. The topological polar surface area (TPSA) is 54.9 Å². The van der Waals surface area contributed by atoms with E-state index >= 15 is 0 Å². The molecule has 2 aromatic heterocycles. The Morgan fingerprint density at radius 2 is 1.71 bits per heavy atom. The van der Waals surface area contributed by atoms with Gasteiger partial charge in [0.2, 0.25) is 5.91 Å². The molecule has 24 heavy (non-hydrogen) atoms.